The number of aromatic nitrogens is 3. The first-order chi connectivity index (χ1) is 11.6. The van der Waals surface area contributed by atoms with Gasteiger partial charge in [-0.2, -0.15) is 0 Å². The maximum atomic E-state index is 10.7. The Labute approximate surface area is 139 Å². The minimum Gasteiger partial charge on any atom is -0.258 e. The minimum atomic E-state index is -0.387. The van der Waals surface area contributed by atoms with E-state index >= 15 is 0 Å². The summed E-state index contributed by atoms with van der Waals surface area (Å²) >= 11 is 0. The lowest BCUT2D eigenvalue weighted by atomic mass is 9.98. The molecule has 0 amide bonds. The van der Waals surface area contributed by atoms with E-state index in [9.17, 15) is 10.1 Å². The highest BCUT2D eigenvalue weighted by molar-refractivity contribution is 5.33. The van der Waals surface area contributed by atoms with Crippen LogP contribution in [0.1, 0.15) is 29.7 Å². The van der Waals surface area contributed by atoms with Gasteiger partial charge in [0, 0.05) is 24.2 Å². The van der Waals surface area contributed by atoms with Crippen molar-refractivity contribution < 1.29 is 4.92 Å². The van der Waals surface area contributed by atoms with Gasteiger partial charge in [-0.05, 0) is 17.5 Å². The van der Waals surface area contributed by atoms with Gasteiger partial charge in [-0.15, -0.1) is 5.10 Å². The normalized spacial score (nSPS) is 12.0. The number of hydrogen-bond donors (Lipinski definition) is 0. The van der Waals surface area contributed by atoms with E-state index in [1.807, 2.05) is 29.1 Å². The zero-order valence-electron chi connectivity index (χ0n) is 13.4. The molecule has 0 radical (unpaired) electrons. The molecule has 0 aliphatic rings. The van der Waals surface area contributed by atoms with Gasteiger partial charge in [-0.3, -0.25) is 10.1 Å². The minimum absolute atomic E-state index is 0.111. The summed E-state index contributed by atoms with van der Waals surface area (Å²) in [4.78, 5) is 10.3. The zero-order valence-corrected chi connectivity index (χ0v) is 13.4. The smallest absolute Gasteiger partial charge is 0.258 e. The SMILES string of the molecule is CC(Cc1ccc([N+](=O)[O-])cc1)c1cn(Cc2ccccc2)nn1. The molecule has 3 aromatic rings. The summed E-state index contributed by atoms with van der Waals surface area (Å²) in [5.41, 5.74) is 3.26. The Bertz CT molecular complexity index is 813. The molecule has 1 aromatic heterocycles. The molecule has 0 spiro atoms. The van der Waals surface area contributed by atoms with E-state index in [-0.39, 0.29) is 16.5 Å². The maximum absolute atomic E-state index is 10.7. The van der Waals surface area contributed by atoms with Gasteiger partial charge in [0.25, 0.3) is 5.69 Å². The van der Waals surface area contributed by atoms with Gasteiger partial charge in [0.05, 0.1) is 17.2 Å². The number of nitrogens with zero attached hydrogens (tertiary/aromatic N) is 4. The Morgan fingerprint density at radius 1 is 1.08 bits per heavy atom. The van der Waals surface area contributed by atoms with Crippen LogP contribution < -0.4 is 0 Å². The van der Waals surface area contributed by atoms with Gasteiger partial charge in [-0.25, -0.2) is 4.68 Å². The van der Waals surface area contributed by atoms with E-state index < -0.39 is 0 Å². The summed E-state index contributed by atoms with van der Waals surface area (Å²) < 4.78 is 1.83. The Kier molecular flexibility index (Phi) is 4.65. The van der Waals surface area contributed by atoms with E-state index in [0.29, 0.717) is 6.54 Å². The van der Waals surface area contributed by atoms with Crippen molar-refractivity contribution in [3.8, 4) is 0 Å². The van der Waals surface area contributed by atoms with Crippen LogP contribution in [0.3, 0.4) is 0 Å². The van der Waals surface area contributed by atoms with Gasteiger partial charge >= 0.3 is 0 Å². The molecule has 0 saturated heterocycles. The van der Waals surface area contributed by atoms with Crippen molar-refractivity contribution >= 4 is 5.69 Å². The molecule has 6 nitrogen and oxygen atoms in total. The van der Waals surface area contributed by atoms with E-state index in [1.165, 1.54) is 17.7 Å². The third-order valence-electron chi connectivity index (χ3n) is 3.94. The van der Waals surface area contributed by atoms with Crippen LogP contribution in [0.15, 0.2) is 60.8 Å². The lowest BCUT2D eigenvalue weighted by Crippen LogP contribution is -2.00. The molecular formula is C18H18N4O2. The second-order valence-electron chi connectivity index (χ2n) is 5.86. The highest BCUT2D eigenvalue weighted by Gasteiger charge is 2.12. The number of nitro groups is 1. The maximum Gasteiger partial charge on any atom is 0.269 e. The number of nitro benzene ring substituents is 1. The van der Waals surface area contributed by atoms with Crippen LogP contribution in [0, 0.1) is 10.1 Å². The fourth-order valence-corrected chi connectivity index (χ4v) is 2.60. The van der Waals surface area contributed by atoms with Crippen LogP contribution in [0.5, 0.6) is 0 Å². The predicted molar refractivity (Wildman–Crippen MR) is 90.8 cm³/mol. The lowest BCUT2D eigenvalue weighted by molar-refractivity contribution is -0.384. The quantitative estimate of drug-likeness (QED) is 0.513. The standard InChI is InChI=1S/C18H18N4O2/c1-14(11-15-7-9-17(10-8-15)22(23)24)18-13-21(20-19-18)12-16-5-3-2-4-6-16/h2-10,13-14H,11-12H2,1H3. The van der Waals surface area contributed by atoms with Gasteiger partial charge in [0.1, 0.15) is 0 Å². The van der Waals surface area contributed by atoms with Gasteiger partial charge < -0.3 is 0 Å². The molecule has 1 heterocycles. The van der Waals surface area contributed by atoms with E-state index in [1.54, 1.807) is 12.1 Å². The van der Waals surface area contributed by atoms with Crippen LogP contribution >= 0.6 is 0 Å². The van der Waals surface area contributed by atoms with Crippen molar-refractivity contribution in [2.24, 2.45) is 0 Å². The molecule has 0 aliphatic carbocycles. The highest BCUT2D eigenvalue weighted by atomic mass is 16.6. The number of benzene rings is 2. The number of hydrogen-bond acceptors (Lipinski definition) is 4. The molecule has 122 valence electrons. The second-order valence-corrected chi connectivity index (χ2v) is 5.86. The summed E-state index contributed by atoms with van der Waals surface area (Å²) in [7, 11) is 0. The second kappa shape index (κ2) is 7.04. The fraction of sp³-hybridized carbons (Fsp3) is 0.222. The summed E-state index contributed by atoms with van der Waals surface area (Å²) in [6.07, 6.45) is 2.73. The molecule has 2 aromatic carbocycles. The number of rotatable bonds is 6. The van der Waals surface area contributed by atoms with Gasteiger partial charge in [0.2, 0.25) is 0 Å². The summed E-state index contributed by atoms with van der Waals surface area (Å²) in [5, 5.41) is 19.1. The molecule has 0 aliphatic heterocycles. The molecule has 0 bridgehead atoms. The topological polar surface area (TPSA) is 73.8 Å². The Hall–Kier alpha value is -3.02. The van der Waals surface area contributed by atoms with Crippen molar-refractivity contribution in [2.45, 2.75) is 25.8 Å². The molecular weight excluding hydrogens is 304 g/mol. The van der Waals surface area contributed by atoms with Crippen LogP contribution in [-0.2, 0) is 13.0 Å². The lowest BCUT2D eigenvalue weighted by Gasteiger charge is -2.07. The van der Waals surface area contributed by atoms with Crippen molar-refractivity contribution in [1.82, 2.24) is 15.0 Å². The molecule has 0 saturated carbocycles. The molecule has 6 heteroatoms. The van der Waals surface area contributed by atoms with Crippen LogP contribution in [0.2, 0.25) is 0 Å². The fourth-order valence-electron chi connectivity index (χ4n) is 2.60. The first kappa shape index (κ1) is 15.9. The molecule has 1 unspecified atom stereocenters. The third kappa shape index (κ3) is 3.84. The van der Waals surface area contributed by atoms with Crippen LogP contribution in [0.4, 0.5) is 5.69 Å². The Balaban J connectivity index is 1.65. The zero-order chi connectivity index (χ0) is 16.9. The average Bonchev–Trinajstić information content (AvgIpc) is 3.05. The van der Waals surface area contributed by atoms with Crippen molar-refractivity contribution in [2.75, 3.05) is 0 Å². The van der Waals surface area contributed by atoms with Crippen molar-refractivity contribution in [3.63, 3.8) is 0 Å². The van der Waals surface area contributed by atoms with Crippen LogP contribution in [0.25, 0.3) is 0 Å². The first-order valence-corrected chi connectivity index (χ1v) is 7.79. The molecule has 3 rings (SSSR count). The molecule has 0 N–H and O–H groups in total. The van der Waals surface area contributed by atoms with E-state index in [2.05, 4.69) is 29.4 Å². The predicted octanol–water partition coefficient (Wildman–Crippen LogP) is 3.58. The van der Waals surface area contributed by atoms with Gasteiger partial charge in [0.15, 0.2) is 0 Å². The molecule has 0 fully saturated rings. The summed E-state index contributed by atoms with van der Waals surface area (Å²) in [6.45, 7) is 2.77. The van der Waals surface area contributed by atoms with Crippen LogP contribution in [-0.4, -0.2) is 19.9 Å². The number of non-ortho nitro benzene ring substituents is 1. The third-order valence-corrected chi connectivity index (χ3v) is 3.94. The first-order valence-electron chi connectivity index (χ1n) is 7.79. The monoisotopic (exact) mass is 322 g/mol. The summed E-state index contributed by atoms with van der Waals surface area (Å²) in [5.74, 6) is 0.191. The van der Waals surface area contributed by atoms with Crippen molar-refractivity contribution in [3.05, 3.63) is 87.7 Å². The molecule has 24 heavy (non-hydrogen) atoms. The average molecular weight is 322 g/mol. The summed E-state index contributed by atoms with van der Waals surface area (Å²) in [6, 6.07) is 16.8. The van der Waals surface area contributed by atoms with E-state index in [0.717, 1.165) is 17.7 Å². The Morgan fingerprint density at radius 3 is 2.46 bits per heavy atom. The molecule has 1 atom stereocenters. The largest absolute Gasteiger partial charge is 0.269 e. The van der Waals surface area contributed by atoms with E-state index in [4.69, 9.17) is 0 Å². The Morgan fingerprint density at radius 2 is 1.79 bits per heavy atom. The van der Waals surface area contributed by atoms with Crippen molar-refractivity contribution in [1.29, 1.82) is 0 Å². The van der Waals surface area contributed by atoms with Gasteiger partial charge in [-0.1, -0.05) is 54.6 Å². The highest BCUT2D eigenvalue weighted by Crippen LogP contribution is 2.20.